The summed E-state index contributed by atoms with van der Waals surface area (Å²) in [7, 11) is 2.30. The first-order valence-corrected chi connectivity index (χ1v) is 4.49. The molecular formula is C9H8ClF2NO3. The predicted molar refractivity (Wildman–Crippen MR) is 52.1 cm³/mol. The highest BCUT2D eigenvalue weighted by atomic mass is 35.5. The van der Waals surface area contributed by atoms with E-state index in [9.17, 15) is 13.6 Å². The molecule has 16 heavy (non-hydrogen) atoms. The lowest BCUT2D eigenvalue weighted by molar-refractivity contribution is 0.0599. The molecule has 0 radical (unpaired) electrons. The zero-order chi connectivity index (χ0) is 12.3. The summed E-state index contributed by atoms with van der Waals surface area (Å²) in [6.45, 7) is 0. The van der Waals surface area contributed by atoms with Crippen molar-refractivity contribution in [2.24, 2.45) is 0 Å². The van der Waals surface area contributed by atoms with Gasteiger partial charge in [0, 0.05) is 6.20 Å². The molecule has 1 heterocycles. The summed E-state index contributed by atoms with van der Waals surface area (Å²) in [5, 5.41) is -0.409. The van der Waals surface area contributed by atoms with Gasteiger partial charge in [-0.2, -0.15) is 0 Å². The molecule has 0 bridgehead atoms. The molecule has 0 unspecified atom stereocenters. The molecule has 0 amide bonds. The molecule has 0 aliphatic rings. The van der Waals surface area contributed by atoms with Crippen LogP contribution in [0.15, 0.2) is 6.20 Å². The number of halogens is 3. The van der Waals surface area contributed by atoms with Crippen molar-refractivity contribution in [2.45, 2.75) is 6.43 Å². The standard InChI is InChI=1S/C9H8ClF2NO3/c1-15-8-5(7(11)12)6(10)4(3-13-8)9(14)16-2/h3,7H,1-2H3. The Balaban J connectivity index is 3.37. The molecular weight excluding hydrogens is 244 g/mol. The second kappa shape index (κ2) is 5.07. The Bertz CT molecular complexity index is 412. The van der Waals surface area contributed by atoms with Gasteiger partial charge in [-0.05, 0) is 0 Å². The lowest BCUT2D eigenvalue weighted by Gasteiger charge is -2.10. The number of nitrogens with zero attached hydrogens (tertiary/aromatic N) is 1. The van der Waals surface area contributed by atoms with E-state index in [1.165, 1.54) is 7.11 Å². The van der Waals surface area contributed by atoms with Gasteiger partial charge in [-0.1, -0.05) is 11.6 Å². The number of carbonyl (C=O) groups is 1. The van der Waals surface area contributed by atoms with Gasteiger partial charge in [0.2, 0.25) is 5.88 Å². The molecule has 0 N–H and O–H groups in total. The van der Waals surface area contributed by atoms with Gasteiger partial charge in [0.15, 0.2) is 0 Å². The van der Waals surface area contributed by atoms with Crippen LogP contribution < -0.4 is 4.74 Å². The Labute approximate surface area is 95.1 Å². The molecule has 0 aromatic carbocycles. The molecule has 1 aromatic heterocycles. The van der Waals surface area contributed by atoms with Crippen LogP contribution in [0.3, 0.4) is 0 Å². The Hall–Kier alpha value is -1.43. The van der Waals surface area contributed by atoms with Gasteiger partial charge in [0.25, 0.3) is 6.43 Å². The molecule has 7 heteroatoms. The van der Waals surface area contributed by atoms with E-state index in [0.717, 1.165) is 13.3 Å². The first-order chi connectivity index (χ1) is 7.52. The number of methoxy groups -OCH3 is 2. The second-order valence-electron chi connectivity index (χ2n) is 2.70. The van der Waals surface area contributed by atoms with Crippen molar-refractivity contribution < 1.29 is 23.0 Å². The number of ether oxygens (including phenoxy) is 2. The highest BCUT2D eigenvalue weighted by Gasteiger charge is 2.25. The predicted octanol–water partition coefficient (Wildman–Crippen LogP) is 2.47. The number of esters is 1. The average molecular weight is 252 g/mol. The van der Waals surface area contributed by atoms with Gasteiger partial charge >= 0.3 is 5.97 Å². The first kappa shape index (κ1) is 12.6. The van der Waals surface area contributed by atoms with Crippen LogP contribution in [0.4, 0.5) is 8.78 Å². The number of rotatable bonds is 3. The minimum atomic E-state index is -2.89. The van der Waals surface area contributed by atoms with E-state index in [-0.39, 0.29) is 11.4 Å². The second-order valence-corrected chi connectivity index (χ2v) is 3.08. The molecule has 0 atom stereocenters. The third-order valence-electron chi connectivity index (χ3n) is 1.83. The van der Waals surface area contributed by atoms with Crippen LogP contribution in [0.25, 0.3) is 0 Å². The lowest BCUT2D eigenvalue weighted by Crippen LogP contribution is -2.07. The smallest absolute Gasteiger partial charge is 0.340 e. The molecule has 0 aliphatic heterocycles. The fraction of sp³-hybridized carbons (Fsp3) is 0.333. The number of hydrogen-bond acceptors (Lipinski definition) is 4. The Morgan fingerprint density at radius 3 is 2.56 bits per heavy atom. The molecule has 0 saturated heterocycles. The average Bonchev–Trinajstić information content (AvgIpc) is 2.26. The molecule has 4 nitrogen and oxygen atoms in total. The Morgan fingerprint density at radius 2 is 2.12 bits per heavy atom. The van der Waals surface area contributed by atoms with E-state index in [2.05, 4.69) is 14.5 Å². The number of aromatic nitrogens is 1. The minimum absolute atomic E-state index is 0.222. The van der Waals surface area contributed by atoms with E-state index < -0.39 is 23.0 Å². The Kier molecular flexibility index (Phi) is 4.00. The number of carbonyl (C=O) groups excluding carboxylic acids is 1. The summed E-state index contributed by atoms with van der Waals surface area (Å²) < 4.78 is 34.3. The van der Waals surface area contributed by atoms with Gasteiger partial charge < -0.3 is 9.47 Å². The van der Waals surface area contributed by atoms with E-state index in [4.69, 9.17) is 11.6 Å². The van der Waals surface area contributed by atoms with Gasteiger partial charge in [-0.3, -0.25) is 0 Å². The maximum atomic E-state index is 12.7. The lowest BCUT2D eigenvalue weighted by atomic mass is 10.2. The zero-order valence-electron chi connectivity index (χ0n) is 8.46. The molecule has 88 valence electrons. The summed E-state index contributed by atoms with van der Waals surface area (Å²) in [4.78, 5) is 14.7. The maximum Gasteiger partial charge on any atom is 0.340 e. The summed E-state index contributed by atoms with van der Waals surface area (Å²) in [6, 6.07) is 0. The summed E-state index contributed by atoms with van der Waals surface area (Å²) in [5.41, 5.74) is -0.840. The van der Waals surface area contributed by atoms with Crippen molar-refractivity contribution in [3.8, 4) is 5.88 Å². The highest BCUT2D eigenvalue weighted by molar-refractivity contribution is 6.34. The van der Waals surface area contributed by atoms with Crippen molar-refractivity contribution >= 4 is 17.6 Å². The third kappa shape index (κ3) is 2.21. The molecule has 1 aromatic rings. The van der Waals surface area contributed by atoms with Crippen molar-refractivity contribution in [1.29, 1.82) is 0 Å². The van der Waals surface area contributed by atoms with Gasteiger partial charge in [-0.15, -0.1) is 0 Å². The van der Waals surface area contributed by atoms with Crippen molar-refractivity contribution in [3.05, 3.63) is 22.3 Å². The quantitative estimate of drug-likeness (QED) is 0.775. The van der Waals surface area contributed by atoms with Crippen LogP contribution in [0.5, 0.6) is 5.88 Å². The van der Waals surface area contributed by atoms with Gasteiger partial charge in [0.05, 0.1) is 30.4 Å². The van der Waals surface area contributed by atoms with Crippen molar-refractivity contribution in [2.75, 3.05) is 14.2 Å². The van der Waals surface area contributed by atoms with Crippen LogP contribution in [0.1, 0.15) is 22.3 Å². The highest BCUT2D eigenvalue weighted by Crippen LogP contribution is 2.35. The molecule has 0 spiro atoms. The van der Waals surface area contributed by atoms with E-state index in [0.29, 0.717) is 0 Å². The largest absolute Gasteiger partial charge is 0.481 e. The topological polar surface area (TPSA) is 48.4 Å². The van der Waals surface area contributed by atoms with E-state index in [1.807, 2.05) is 0 Å². The normalized spacial score (nSPS) is 10.4. The van der Waals surface area contributed by atoms with Crippen LogP contribution in [0, 0.1) is 0 Å². The number of pyridine rings is 1. The molecule has 0 fully saturated rings. The maximum absolute atomic E-state index is 12.7. The van der Waals surface area contributed by atoms with Crippen molar-refractivity contribution in [1.82, 2.24) is 4.98 Å². The number of hydrogen-bond donors (Lipinski definition) is 0. The fourth-order valence-corrected chi connectivity index (χ4v) is 1.38. The van der Waals surface area contributed by atoms with Crippen LogP contribution in [0.2, 0.25) is 5.02 Å². The molecule has 0 saturated carbocycles. The van der Waals surface area contributed by atoms with Crippen LogP contribution in [-0.2, 0) is 4.74 Å². The monoisotopic (exact) mass is 251 g/mol. The SMILES string of the molecule is COC(=O)c1cnc(OC)c(C(F)F)c1Cl. The molecule has 0 aliphatic carbocycles. The van der Waals surface area contributed by atoms with E-state index >= 15 is 0 Å². The summed E-state index contributed by atoms with van der Waals surface area (Å²) in [5.74, 6) is -1.14. The molecule has 1 rings (SSSR count). The summed E-state index contributed by atoms with van der Waals surface area (Å²) in [6.07, 6.45) is -1.86. The first-order valence-electron chi connectivity index (χ1n) is 4.11. The minimum Gasteiger partial charge on any atom is -0.481 e. The fourth-order valence-electron chi connectivity index (χ4n) is 1.09. The number of alkyl halides is 2. The third-order valence-corrected chi connectivity index (χ3v) is 2.24. The summed E-state index contributed by atoms with van der Waals surface area (Å²) >= 11 is 5.66. The van der Waals surface area contributed by atoms with Crippen molar-refractivity contribution in [3.63, 3.8) is 0 Å². The van der Waals surface area contributed by atoms with Gasteiger partial charge in [0.1, 0.15) is 0 Å². The zero-order valence-corrected chi connectivity index (χ0v) is 9.22. The van der Waals surface area contributed by atoms with Crippen LogP contribution >= 0.6 is 11.6 Å². The Morgan fingerprint density at radius 1 is 1.50 bits per heavy atom. The van der Waals surface area contributed by atoms with E-state index in [1.54, 1.807) is 0 Å². The van der Waals surface area contributed by atoms with Gasteiger partial charge in [-0.25, -0.2) is 18.6 Å². The van der Waals surface area contributed by atoms with Crippen LogP contribution in [-0.4, -0.2) is 25.2 Å².